The highest BCUT2D eigenvalue weighted by Gasteiger charge is 2.37. The minimum atomic E-state index is 0.140. The number of aliphatic hydroxyl groups is 1. The summed E-state index contributed by atoms with van der Waals surface area (Å²) in [6.45, 7) is 4.20. The van der Waals surface area contributed by atoms with E-state index in [1.807, 2.05) is 4.90 Å². The summed E-state index contributed by atoms with van der Waals surface area (Å²) in [6.07, 6.45) is 2.36. The maximum atomic E-state index is 11.7. The second-order valence-electron chi connectivity index (χ2n) is 4.32. The number of carbonyl (C=O) groups is 1. The smallest absolute Gasteiger partial charge is 0.237 e. The third-order valence-corrected chi connectivity index (χ3v) is 3.12. The quantitative estimate of drug-likeness (QED) is 0.675. The second-order valence-corrected chi connectivity index (χ2v) is 4.32. The van der Waals surface area contributed by atoms with Gasteiger partial charge < -0.3 is 10.0 Å². The summed E-state index contributed by atoms with van der Waals surface area (Å²) in [6, 6.07) is 0.918. The van der Waals surface area contributed by atoms with Gasteiger partial charge in [-0.2, -0.15) is 0 Å². The van der Waals surface area contributed by atoms with Crippen LogP contribution in [0.25, 0.3) is 0 Å². The maximum Gasteiger partial charge on any atom is 0.237 e. The Bertz CT molecular complexity index is 228. The fourth-order valence-electron chi connectivity index (χ4n) is 2.09. The Hall–Kier alpha value is -0.610. The molecule has 4 nitrogen and oxygen atoms in total. The van der Waals surface area contributed by atoms with E-state index >= 15 is 0 Å². The maximum absolute atomic E-state index is 11.7. The van der Waals surface area contributed by atoms with Gasteiger partial charge in [-0.25, -0.2) is 0 Å². The van der Waals surface area contributed by atoms with Crippen LogP contribution in [0.3, 0.4) is 0 Å². The van der Waals surface area contributed by atoms with E-state index in [2.05, 4.69) is 11.8 Å². The van der Waals surface area contributed by atoms with E-state index in [0.29, 0.717) is 25.2 Å². The van der Waals surface area contributed by atoms with Crippen molar-refractivity contribution < 1.29 is 9.90 Å². The standard InChI is InChI=1S/C10H18N2O2/c1-8-6-12(9-2-3-9)10(14)7-11(8)4-5-13/h8-9,13H,2-7H2,1H3. The molecule has 4 heteroatoms. The predicted octanol–water partition coefficient (Wildman–Crippen LogP) is -0.326. The molecule has 2 aliphatic rings. The molecule has 1 unspecified atom stereocenters. The van der Waals surface area contributed by atoms with Crippen LogP contribution in [0, 0.1) is 0 Å². The second kappa shape index (κ2) is 3.87. The van der Waals surface area contributed by atoms with E-state index in [1.165, 1.54) is 12.8 Å². The van der Waals surface area contributed by atoms with Gasteiger partial charge in [0.2, 0.25) is 5.91 Å². The van der Waals surface area contributed by atoms with Crippen LogP contribution in [0.5, 0.6) is 0 Å². The van der Waals surface area contributed by atoms with Gasteiger partial charge in [-0.05, 0) is 19.8 Å². The van der Waals surface area contributed by atoms with Crippen molar-refractivity contribution in [3.8, 4) is 0 Å². The fraction of sp³-hybridized carbons (Fsp3) is 0.900. The number of aliphatic hydroxyl groups excluding tert-OH is 1. The molecule has 2 rings (SSSR count). The zero-order valence-corrected chi connectivity index (χ0v) is 8.65. The summed E-state index contributed by atoms with van der Waals surface area (Å²) in [5, 5.41) is 8.84. The molecule has 14 heavy (non-hydrogen) atoms. The van der Waals surface area contributed by atoms with Gasteiger partial charge in [-0.3, -0.25) is 9.69 Å². The molecule has 1 amide bonds. The Balaban J connectivity index is 1.93. The number of β-amino-alcohol motifs (C(OH)–C–C–N with tert-alkyl or cyclic N) is 1. The minimum Gasteiger partial charge on any atom is -0.395 e. The molecular formula is C10H18N2O2. The highest BCUT2D eigenvalue weighted by atomic mass is 16.3. The highest BCUT2D eigenvalue weighted by molar-refractivity contribution is 5.79. The molecule has 1 saturated carbocycles. The number of hydrogen-bond acceptors (Lipinski definition) is 3. The molecule has 0 aromatic rings. The van der Waals surface area contributed by atoms with Gasteiger partial charge in [-0.15, -0.1) is 0 Å². The molecule has 1 saturated heterocycles. The highest BCUT2D eigenvalue weighted by Crippen LogP contribution is 2.29. The van der Waals surface area contributed by atoms with Crippen LogP contribution in [0.1, 0.15) is 19.8 Å². The van der Waals surface area contributed by atoms with E-state index in [-0.39, 0.29) is 12.5 Å². The van der Waals surface area contributed by atoms with Crippen molar-refractivity contribution in [3.63, 3.8) is 0 Å². The first-order valence-corrected chi connectivity index (χ1v) is 5.36. The van der Waals surface area contributed by atoms with Crippen molar-refractivity contribution >= 4 is 5.91 Å². The number of hydrogen-bond donors (Lipinski definition) is 1. The van der Waals surface area contributed by atoms with Crippen LogP contribution in [-0.2, 0) is 4.79 Å². The van der Waals surface area contributed by atoms with Gasteiger partial charge >= 0.3 is 0 Å². The van der Waals surface area contributed by atoms with Crippen LogP contribution in [-0.4, -0.2) is 59.1 Å². The first-order valence-electron chi connectivity index (χ1n) is 5.36. The van der Waals surface area contributed by atoms with Crippen molar-refractivity contribution in [3.05, 3.63) is 0 Å². The van der Waals surface area contributed by atoms with E-state index in [0.717, 1.165) is 6.54 Å². The monoisotopic (exact) mass is 198 g/mol. The number of nitrogens with zero attached hydrogens (tertiary/aromatic N) is 2. The van der Waals surface area contributed by atoms with E-state index in [1.54, 1.807) is 0 Å². The fourth-order valence-corrected chi connectivity index (χ4v) is 2.09. The average Bonchev–Trinajstić information content (AvgIpc) is 2.94. The number of rotatable bonds is 3. The Morgan fingerprint density at radius 3 is 2.79 bits per heavy atom. The van der Waals surface area contributed by atoms with E-state index in [4.69, 9.17) is 5.11 Å². The molecule has 1 heterocycles. The van der Waals surface area contributed by atoms with Crippen molar-refractivity contribution in [2.24, 2.45) is 0 Å². The molecule has 1 atom stereocenters. The molecule has 80 valence electrons. The minimum absolute atomic E-state index is 0.140. The van der Waals surface area contributed by atoms with E-state index < -0.39 is 0 Å². The lowest BCUT2D eigenvalue weighted by Gasteiger charge is -2.39. The van der Waals surface area contributed by atoms with Gasteiger partial charge in [0.25, 0.3) is 0 Å². The summed E-state index contributed by atoms with van der Waals surface area (Å²) in [4.78, 5) is 15.8. The molecule has 1 aliphatic carbocycles. The van der Waals surface area contributed by atoms with E-state index in [9.17, 15) is 4.79 Å². The zero-order valence-electron chi connectivity index (χ0n) is 8.65. The van der Waals surface area contributed by atoms with Crippen molar-refractivity contribution in [1.29, 1.82) is 0 Å². The zero-order chi connectivity index (χ0) is 10.1. The summed E-state index contributed by atoms with van der Waals surface area (Å²) in [5.41, 5.74) is 0. The molecule has 0 aromatic heterocycles. The molecular weight excluding hydrogens is 180 g/mol. The molecule has 1 aliphatic heterocycles. The molecule has 0 aromatic carbocycles. The van der Waals surface area contributed by atoms with Gasteiger partial charge in [-0.1, -0.05) is 0 Å². The van der Waals surface area contributed by atoms with Gasteiger partial charge in [0.05, 0.1) is 13.2 Å². The first-order chi connectivity index (χ1) is 6.72. The summed E-state index contributed by atoms with van der Waals surface area (Å²) in [5.74, 6) is 0.235. The number of amides is 1. The predicted molar refractivity (Wildman–Crippen MR) is 52.9 cm³/mol. The topological polar surface area (TPSA) is 43.8 Å². The van der Waals surface area contributed by atoms with Gasteiger partial charge in [0.1, 0.15) is 0 Å². The third-order valence-electron chi connectivity index (χ3n) is 3.12. The van der Waals surface area contributed by atoms with Gasteiger partial charge in [0, 0.05) is 25.2 Å². The SMILES string of the molecule is CC1CN(C2CC2)C(=O)CN1CCO. The van der Waals surface area contributed by atoms with Crippen LogP contribution >= 0.6 is 0 Å². The first kappa shape index (κ1) is 9.93. The lowest BCUT2D eigenvalue weighted by atomic mass is 10.2. The Labute approximate surface area is 84.5 Å². The Morgan fingerprint density at radius 1 is 1.50 bits per heavy atom. The molecule has 0 bridgehead atoms. The van der Waals surface area contributed by atoms with Crippen molar-refractivity contribution in [1.82, 2.24) is 9.80 Å². The Kier molecular flexibility index (Phi) is 2.74. The third kappa shape index (κ3) is 1.91. The molecule has 2 fully saturated rings. The lowest BCUT2D eigenvalue weighted by molar-refractivity contribution is -0.139. The molecule has 0 radical (unpaired) electrons. The van der Waals surface area contributed by atoms with Crippen LogP contribution in [0.2, 0.25) is 0 Å². The molecule has 0 spiro atoms. The van der Waals surface area contributed by atoms with Crippen molar-refractivity contribution in [2.45, 2.75) is 31.8 Å². The summed E-state index contributed by atoms with van der Waals surface area (Å²) < 4.78 is 0. The summed E-state index contributed by atoms with van der Waals surface area (Å²) in [7, 11) is 0. The van der Waals surface area contributed by atoms with Crippen LogP contribution in [0.4, 0.5) is 0 Å². The number of piperazine rings is 1. The largest absolute Gasteiger partial charge is 0.395 e. The lowest BCUT2D eigenvalue weighted by Crippen LogP contribution is -2.56. The summed E-state index contributed by atoms with van der Waals surface area (Å²) >= 11 is 0. The van der Waals surface area contributed by atoms with Crippen molar-refractivity contribution in [2.75, 3.05) is 26.2 Å². The Morgan fingerprint density at radius 2 is 2.21 bits per heavy atom. The molecule has 1 N–H and O–H groups in total. The van der Waals surface area contributed by atoms with Crippen LogP contribution in [0.15, 0.2) is 0 Å². The van der Waals surface area contributed by atoms with Gasteiger partial charge in [0.15, 0.2) is 0 Å². The normalized spacial score (nSPS) is 29.7. The average molecular weight is 198 g/mol. The van der Waals surface area contributed by atoms with Crippen LogP contribution < -0.4 is 0 Å². The number of carbonyl (C=O) groups excluding carboxylic acids is 1.